The molecule has 0 fully saturated rings. The average Bonchev–Trinajstić information content (AvgIpc) is 2.55. The van der Waals surface area contributed by atoms with Crippen LogP contribution in [0.15, 0.2) is 6.20 Å². The van der Waals surface area contributed by atoms with E-state index < -0.39 is 30.2 Å². The van der Waals surface area contributed by atoms with Gasteiger partial charge in [0.2, 0.25) is 5.78 Å². The molecule has 10 heteroatoms. The predicted octanol–water partition coefficient (Wildman–Crippen LogP) is 3.98. The van der Waals surface area contributed by atoms with Crippen LogP contribution in [0, 0.1) is 6.92 Å². The van der Waals surface area contributed by atoms with Crippen molar-refractivity contribution < 1.29 is 36.7 Å². The van der Waals surface area contributed by atoms with Crippen LogP contribution in [0.3, 0.4) is 0 Å². The van der Waals surface area contributed by atoms with Crippen LogP contribution in [0.25, 0.3) is 0 Å². The molecule has 0 amide bonds. The number of alkyl halides is 2. The first-order valence-electron chi connectivity index (χ1n) is 8.12. The van der Waals surface area contributed by atoms with Crippen molar-refractivity contribution in [3.63, 3.8) is 0 Å². The van der Waals surface area contributed by atoms with E-state index in [1.54, 1.807) is 20.8 Å². The third kappa shape index (κ3) is 3.61. The number of halogens is 2. The summed E-state index contributed by atoms with van der Waals surface area (Å²) in [5.74, 6) is -1.80. The molecule has 0 saturated carbocycles. The van der Waals surface area contributed by atoms with Gasteiger partial charge in [0.15, 0.2) is 11.5 Å². The lowest BCUT2D eigenvalue weighted by Gasteiger charge is -2.34. The summed E-state index contributed by atoms with van der Waals surface area (Å²) < 4.78 is 62.5. The van der Waals surface area contributed by atoms with E-state index in [2.05, 4.69) is 14.0 Å². The van der Waals surface area contributed by atoms with Crippen molar-refractivity contribution in [1.82, 2.24) is 4.98 Å². The number of nitrogens with zero attached hydrogens (tertiary/aromatic N) is 1. The fraction of sp³-hybridized carbons (Fsp3) is 0.625. The Morgan fingerprint density at radius 2 is 1.88 bits per heavy atom. The van der Waals surface area contributed by atoms with E-state index in [0.717, 1.165) is 6.20 Å². The van der Waals surface area contributed by atoms with Gasteiger partial charge in [-0.2, -0.15) is 8.78 Å². The summed E-state index contributed by atoms with van der Waals surface area (Å²) in [5, 5.41) is 0. The number of carbonyl (C=O) groups is 1. The molecular formula is C16H22F2NO6P. The maximum atomic E-state index is 14.8. The van der Waals surface area contributed by atoms with E-state index in [0.29, 0.717) is 5.69 Å². The number of Topliss-reactive ketones (excluding diaryl/α,β-unsaturated/α-hetero) is 1. The highest BCUT2D eigenvalue weighted by Gasteiger charge is 2.60. The van der Waals surface area contributed by atoms with Crippen molar-refractivity contribution in [3.05, 3.63) is 17.5 Å². The number of ether oxygens (including phenoxy) is 2. The Kier molecular flexibility index (Phi) is 5.75. The van der Waals surface area contributed by atoms with Crippen molar-refractivity contribution in [2.24, 2.45) is 0 Å². The topological polar surface area (TPSA) is 84.0 Å². The van der Waals surface area contributed by atoms with E-state index in [-0.39, 0.29) is 31.3 Å². The molecule has 0 aromatic carbocycles. The van der Waals surface area contributed by atoms with Gasteiger partial charge in [0, 0.05) is 6.20 Å². The molecule has 0 bridgehead atoms. The smallest absolute Gasteiger partial charge is 0.408 e. The van der Waals surface area contributed by atoms with E-state index in [9.17, 15) is 18.1 Å². The molecular weight excluding hydrogens is 371 g/mol. The molecule has 0 atom stereocenters. The van der Waals surface area contributed by atoms with Crippen LogP contribution >= 0.6 is 7.60 Å². The van der Waals surface area contributed by atoms with Crippen LogP contribution in [-0.2, 0) is 13.6 Å². The van der Waals surface area contributed by atoms with Crippen LogP contribution in [-0.4, -0.2) is 41.9 Å². The minimum atomic E-state index is -5.02. The van der Waals surface area contributed by atoms with Gasteiger partial charge in [0.1, 0.15) is 12.2 Å². The van der Waals surface area contributed by atoms with Crippen LogP contribution in [0.5, 0.6) is 11.5 Å². The maximum absolute atomic E-state index is 14.8. The summed E-state index contributed by atoms with van der Waals surface area (Å²) in [6, 6.07) is 0. The number of aryl methyl sites for hydroxylation is 1. The number of ketones is 1. The van der Waals surface area contributed by atoms with E-state index in [1.165, 1.54) is 13.8 Å². The Morgan fingerprint density at radius 3 is 2.42 bits per heavy atom. The molecule has 2 rings (SSSR count). The Bertz CT molecular complexity index is 743. The van der Waals surface area contributed by atoms with E-state index in [4.69, 9.17) is 9.47 Å². The standard InChI is InChI=1S/C16H22F2NO6P/c1-6-23-26(21,24-7-2)16(17,18)14(20)11-8-19-10(3)12-13(11)22-9-15(4,5)25-12/h8H,6-7,9H2,1-5H3. The van der Waals surface area contributed by atoms with Gasteiger partial charge in [-0.05, 0) is 34.6 Å². The van der Waals surface area contributed by atoms with Crippen LogP contribution in [0.4, 0.5) is 8.78 Å². The molecule has 26 heavy (non-hydrogen) atoms. The normalized spacial score (nSPS) is 16.4. The Labute approximate surface area is 150 Å². The fourth-order valence-corrected chi connectivity index (χ4v) is 3.82. The zero-order valence-electron chi connectivity index (χ0n) is 15.3. The van der Waals surface area contributed by atoms with Gasteiger partial charge < -0.3 is 18.5 Å². The minimum Gasteiger partial charge on any atom is -0.485 e. The van der Waals surface area contributed by atoms with Gasteiger partial charge in [-0.25, -0.2) is 0 Å². The third-order valence-electron chi connectivity index (χ3n) is 3.57. The molecule has 0 saturated heterocycles. The van der Waals surface area contributed by atoms with E-state index >= 15 is 0 Å². The number of fused-ring (bicyclic) bond motifs is 1. The molecule has 0 N–H and O–H groups in total. The predicted molar refractivity (Wildman–Crippen MR) is 89.3 cm³/mol. The lowest BCUT2D eigenvalue weighted by atomic mass is 10.1. The second kappa shape index (κ2) is 7.21. The molecule has 1 aromatic heterocycles. The zero-order valence-corrected chi connectivity index (χ0v) is 16.2. The van der Waals surface area contributed by atoms with Gasteiger partial charge in [0.05, 0.1) is 24.5 Å². The number of carbonyl (C=O) groups excluding carboxylic acids is 1. The molecule has 0 aliphatic carbocycles. The third-order valence-corrected chi connectivity index (χ3v) is 5.66. The fourth-order valence-electron chi connectivity index (χ4n) is 2.37. The van der Waals surface area contributed by atoms with Crippen molar-refractivity contribution in [3.8, 4) is 11.5 Å². The highest BCUT2D eigenvalue weighted by atomic mass is 31.2. The lowest BCUT2D eigenvalue weighted by molar-refractivity contribution is 0.0161. The quantitative estimate of drug-likeness (QED) is 0.512. The molecule has 7 nitrogen and oxygen atoms in total. The van der Waals surface area contributed by atoms with Gasteiger partial charge >= 0.3 is 13.3 Å². The number of rotatable bonds is 7. The molecule has 0 radical (unpaired) electrons. The minimum absolute atomic E-state index is 0.0455. The first-order valence-corrected chi connectivity index (χ1v) is 9.66. The second-order valence-electron chi connectivity index (χ2n) is 6.27. The van der Waals surface area contributed by atoms with Gasteiger partial charge in [-0.1, -0.05) is 0 Å². The Morgan fingerprint density at radius 1 is 1.31 bits per heavy atom. The molecule has 146 valence electrons. The summed E-state index contributed by atoms with van der Waals surface area (Å²) >= 11 is 0. The molecule has 2 heterocycles. The van der Waals surface area contributed by atoms with Crippen molar-refractivity contribution in [1.29, 1.82) is 0 Å². The van der Waals surface area contributed by atoms with Gasteiger partial charge in [-0.3, -0.25) is 14.3 Å². The Hall–Kier alpha value is -1.57. The number of hydrogen-bond donors (Lipinski definition) is 0. The maximum Gasteiger partial charge on any atom is 0.408 e. The highest BCUT2D eigenvalue weighted by molar-refractivity contribution is 7.56. The van der Waals surface area contributed by atoms with Crippen molar-refractivity contribution >= 4 is 13.4 Å². The number of pyridine rings is 1. The van der Waals surface area contributed by atoms with Crippen LogP contribution < -0.4 is 9.47 Å². The molecule has 0 spiro atoms. The summed E-state index contributed by atoms with van der Waals surface area (Å²) in [4.78, 5) is 16.5. The highest BCUT2D eigenvalue weighted by Crippen LogP contribution is 2.63. The second-order valence-corrected chi connectivity index (χ2v) is 8.34. The molecule has 0 unspecified atom stereocenters. The number of hydrogen-bond acceptors (Lipinski definition) is 7. The van der Waals surface area contributed by atoms with Gasteiger partial charge in [-0.15, -0.1) is 0 Å². The summed E-state index contributed by atoms with van der Waals surface area (Å²) in [7, 11) is -5.02. The summed E-state index contributed by atoms with van der Waals surface area (Å²) in [5.41, 5.74) is -5.27. The first-order chi connectivity index (χ1) is 12.0. The van der Waals surface area contributed by atoms with Crippen molar-refractivity contribution in [2.75, 3.05) is 19.8 Å². The van der Waals surface area contributed by atoms with Crippen LogP contribution in [0.1, 0.15) is 43.7 Å². The SMILES string of the molecule is CCOP(=O)(OCC)C(F)(F)C(=O)c1cnc(C)c2c1OCC(C)(C)O2. The van der Waals surface area contributed by atoms with Gasteiger partial charge in [0.25, 0.3) is 0 Å². The van der Waals surface area contributed by atoms with Crippen LogP contribution in [0.2, 0.25) is 0 Å². The average molecular weight is 393 g/mol. The molecule has 1 aromatic rings. The lowest BCUT2D eigenvalue weighted by Crippen LogP contribution is -2.40. The molecule has 1 aliphatic heterocycles. The monoisotopic (exact) mass is 393 g/mol. The summed E-state index contributed by atoms with van der Waals surface area (Å²) in [6.07, 6.45) is 0.953. The largest absolute Gasteiger partial charge is 0.485 e. The Balaban J connectivity index is 2.52. The molecule has 1 aliphatic rings. The summed E-state index contributed by atoms with van der Waals surface area (Å²) in [6.45, 7) is 7.27. The van der Waals surface area contributed by atoms with E-state index in [1.807, 2.05) is 0 Å². The zero-order chi connectivity index (χ0) is 19.8. The first kappa shape index (κ1) is 20.7. The number of aromatic nitrogens is 1. The van der Waals surface area contributed by atoms with Crippen molar-refractivity contribution in [2.45, 2.75) is 45.9 Å².